The largest absolute Gasteiger partial charge is 0.374 e. The van der Waals surface area contributed by atoms with Crippen LogP contribution in [0, 0.1) is 11.3 Å². The number of hydrogen-bond acceptors (Lipinski definition) is 2. The molecule has 1 N–H and O–H groups in total. The first-order valence-corrected chi connectivity index (χ1v) is 9.58. The van der Waals surface area contributed by atoms with Gasteiger partial charge in [0.2, 0.25) is 0 Å². The molecular formula is C19H37NO. The third-order valence-electron chi connectivity index (χ3n) is 6.41. The highest BCUT2D eigenvalue weighted by Gasteiger charge is 2.53. The molecule has 0 aliphatic heterocycles. The van der Waals surface area contributed by atoms with Crippen molar-refractivity contribution in [2.45, 2.75) is 104 Å². The fourth-order valence-electron chi connectivity index (χ4n) is 4.71. The van der Waals surface area contributed by atoms with Crippen LogP contribution in [-0.2, 0) is 4.74 Å². The van der Waals surface area contributed by atoms with E-state index >= 15 is 0 Å². The molecule has 0 amide bonds. The molecule has 2 nitrogen and oxygen atoms in total. The highest BCUT2D eigenvalue weighted by Crippen LogP contribution is 2.50. The molecule has 4 atom stereocenters. The van der Waals surface area contributed by atoms with Gasteiger partial charge in [0.1, 0.15) is 0 Å². The lowest BCUT2D eigenvalue weighted by Crippen LogP contribution is -2.64. The molecule has 2 rings (SSSR count). The molecule has 0 aromatic rings. The summed E-state index contributed by atoms with van der Waals surface area (Å²) in [5.74, 6) is 0.912. The summed E-state index contributed by atoms with van der Waals surface area (Å²) < 4.78 is 6.63. The van der Waals surface area contributed by atoms with E-state index in [0.717, 1.165) is 12.5 Å². The van der Waals surface area contributed by atoms with Crippen LogP contribution < -0.4 is 5.32 Å². The Kier molecular flexibility index (Phi) is 6.55. The van der Waals surface area contributed by atoms with Crippen LogP contribution in [0.15, 0.2) is 0 Å². The Labute approximate surface area is 132 Å². The summed E-state index contributed by atoms with van der Waals surface area (Å²) in [6, 6.07) is 0.683. The zero-order chi connectivity index (χ0) is 15.3. The minimum absolute atomic E-state index is 0.397. The number of ether oxygens (including phenoxy) is 1. The van der Waals surface area contributed by atoms with E-state index in [0.29, 0.717) is 23.7 Å². The highest BCUT2D eigenvalue weighted by molar-refractivity contribution is 5.07. The van der Waals surface area contributed by atoms with E-state index in [-0.39, 0.29) is 0 Å². The van der Waals surface area contributed by atoms with Crippen molar-refractivity contribution >= 4 is 0 Å². The Balaban J connectivity index is 1.90. The molecule has 124 valence electrons. The van der Waals surface area contributed by atoms with Crippen molar-refractivity contribution in [1.29, 1.82) is 0 Å². The van der Waals surface area contributed by atoms with Crippen molar-refractivity contribution < 1.29 is 4.74 Å². The molecule has 21 heavy (non-hydrogen) atoms. The van der Waals surface area contributed by atoms with Crippen molar-refractivity contribution in [3.63, 3.8) is 0 Å². The van der Waals surface area contributed by atoms with Gasteiger partial charge in [-0.3, -0.25) is 0 Å². The third kappa shape index (κ3) is 3.64. The second-order valence-electron chi connectivity index (χ2n) is 7.37. The van der Waals surface area contributed by atoms with E-state index in [2.05, 4.69) is 33.0 Å². The Morgan fingerprint density at radius 3 is 2.43 bits per heavy atom. The molecule has 0 heterocycles. The number of rotatable bonds is 8. The monoisotopic (exact) mass is 295 g/mol. The normalized spacial score (nSPS) is 35.4. The molecule has 0 aromatic carbocycles. The first-order valence-electron chi connectivity index (χ1n) is 9.58. The van der Waals surface area contributed by atoms with Crippen molar-refractivity contribution in [3.05, 3.63) is 0 Å². The zero-order valence-corrected chi connectivity index (χ0v) is 14.8. The summed E-state index contributed by atoms with van der Waals surface area (Å²) >= 11 is 0. The molecule has 2 heteroatoms. The maximum Gasteiger partial charge on any atom is 0.0664 e. The molecule has 0 aromatic heterocycles. The van der Waals surface area contributed by atoms with Crippen molar-refractivity contribution in [2.24, 2.45) is 11.3 Å². The SMILES string of the molecule is CCCNC1CC(OC2CCCC(CC)C2)C1(CC)CC. The lowest BCUT2D eigenvalue weighted by molar-refractivity contribution is -0.175. The first kappa shape index (κ1) is 17.3. The Hall–Kier alpha value is -0.0800. The molecule has 0 spiro atoms. The van der Waals surface area contributed by atoms with Crippen molar-refractivity contribution in [3.8, 4) is 0 Å². The van der Waals surface area contributed by atoms with Gasteiger partial charge in [0, 0.05) is 11.5 Å². The Morgan fingerprint density at radius 1 is 1.05 bits per heavy atom. The maximum absolute atomic E-state index is 6.63. The maximum atomic E-state index is 6.63. The zero-order valence-electron chi connectivity index (χ0n) is 14.8. The standard InChI is InChI=1S/C19H37NO/c1-5-12-20-17-14-18(19(17,7-3)8-4)21-16-11-9-10-15(6-2)13-16/h15-18,20H,5-14H2,1-4H3. The first-order chi connectivity index (χ1) is 10.2. The summed E-state index contributed by atoms with van der Waals surface area (Å²) in [5, 5.41) is 3.77. The van der Waals surface area contributed by atoms with E-state index in [1.165, 1.54) is 57.8 Å². The summed E-state index contributed by atoms with van der Waals surface area (Å²) in [6.45, 7) is 10.5. The van der Waals surface area contributed by atoms with Crippen LogP contribution in [0.2, 0.25) is 0 Å². The van der Waals surface area contributed by atoms with E-state index < -0.39 is 0 Å². The van der Waals surface area contributed by atoms with Crippen LogP contribution in [-0.4, -0.2) is 24.8 Å². The average Bonchev–Trinajstić information content (AvgIpc) is 2.51. The summed E-state index contributed by atoms with van der Waals surface area (Å²) in [6.07, 6.45) is 12.7. The molecule has 2 saturated carbocycles. The summed E-state index contributed by atoms with van der Waals surface area (Å²) in [4.78, 5) is 0. The minimum atomic E-state index is 0.397. The van der Waals surface area contributed by atoms with Crippen LogP contribution in [0.3, 0.4) is 0 Å². The van der Waals surface area contributed by atoms with E-state index in [1.54, 1.807) is 0 Å². The molecule has 2 aliphatic carbocycles. The molecule has 0 bridgehead atoms. The molecule has 4 unspecified atom stereocenters. The van der Waals surface area contributed by atoms with Gasteiger partial charge in [0.25, 0.3) is 0 Å². The predicted octanol–water partition coefficient (Wildman–Crippen LogP) is 4.92. The topological polar surface area (TPSA) is 21.3 Å². The quantitative estimate of drug-likeness (QED) is 0.686. The van der Waals surface area contributed by atoms with E-state index in [4.69, 9.17) is 4.74 Å². The van der Waals surface area contributed by atoms with Gasteiger partial charge in [-0.05, 0) is 51.0 Å². The Bertz CT molecular complexity index is 300. The van der Waals surface area contributed by atoms with Gasteiger partial charge in [0.15, 0.2) is 0 Å². The van der Waals surface area contributed by atoms with Crippen LogP contribution in [0.25, 0.3) is 0 Å². The van der Waals surface area contributed by atoms with Crippen LogP contribution in [0.4, 0.5) is 0 Å². The second-order valence-corrected chi connectivity index (χ2v) is 7.37. The average molecular weight is 296 g/mol. The van der Waals surface area contributed by atoms with Gasteiger partial charge >= 0.3 is 0 Å². The van der Waals surface area contributed by atoms with Gasteiger partial charge in [0.05, 0.1) is 12.2 Å². The van der Waals surface area contributed by atoms with Gasteiger partial charge in [-0.2, -0.15) is 0 Å². The van der Waals surface area contributed by atoms with E-state index in [1.807, 2.05) is 0 Å². The molecular weight excluding hydrogens is 258 g/mol. The fraction of sp³-hybridized carbons (Fsp3) is 1.00. The molecule has 0 radical (unpaired) electrons. The lowest BCUT2D eigenvalue weighted by Gasteiger charge is -2.57. The number of nitrogens with one attached hydrogen (secondary N) is 1. The molecule has 2 fully saturated rings. The van der Waals surface area contributed by atoms with Gasteiger partial charge in [-0.25, -0.2) is 0 Å². The second kappa shape index (κ2) is 7.97. The lowest BCUT2D eigenvalue weighted by atomic mass is 9.58. The van der Waals surface area contributed by atoms with Crippen LogP contribution in [0.5, 0.6) is 0 Å². The van der Waals surface area contributed by atoms with Gasteiger partial charge in [-0.15, -0.1) is 0 Å². The summed E-state index contributed by atoms with van der Waals surface area (Å²) in [5.41, 5.74) is 0.397. The van der Waals surface area contributed by atoms with E-state index in [9.17, 15) is 0 Å². The Morgan fingerprint density at radius 2 is 1.81 bits per heavy atom. The fourth-order valence-corrected chi connectivity index (χ4v) is 4.71. The summed E-state index contributed by atoms with van der Waals surface area (Å²) in [7, 11) is 0. The molecule has 0 saturated heterocycles. The van der Waals surface area contributed by atoms with Crippen LogP contribution >= 0.6 is 0 Å². The van der Waals surface area contributed by atoms with Crippen LogP contribution in [0.1, 0.15) is 85.5 Å². The number of hydrogen-bond donors (Lipinski definition) is 1. The van der Waals surface area contributed by atoms with Gasteiger partial charge < -0.3 is 10.1 Å². The van der Waals surface area contributed by atoms with Crippen molar-refractivity contribution in [1.82, 2.24) is 5.32 Å². The minimum Gasteiger partial charge on any atom is -0.374 e. The van der Waals surface area contributed by atoms with Gasteiger partial charge in [-0.1, -0.05) is 47.0 Å². The predicted molar refractivity (Wildman–Crippen MR) is 90.6 cm³/mol. The smallest absolute Gasteiger partial charge is 0.0664 e. The third-order valence-corrected chi connectivity index (χ3v) is 6.41. The highest BCUT2D eigenvalue weighted by atomic mass is 16.5. The molecule has 2 aliphatic rings. The van der Waals surface area contributed by atoms with Crippen molar-refractivity contribution in [2.75, 3.05) is 6.54 Å².